The normalized spacial score (nSPS) is 12.6. The number of furan rings is 1. The Bertz CT molecular complexity index is 392. The Balaban J connectivity index is 2.34. The van der Waals surface area contributed by atoms with Crippen LogP contribution in [0.3, 0.4) is 0 Å². The summed E-state index contributed by atoms with van der Waals surface area (Å²) in [5.41, 5.74) is 0. The van der Waals surface area contributed by atoms with E-state index in [9.17, 15) is 4.21 Å². The Labute approximate surface area is 78.7 Å². The standard InChI is InChI=1S/C10H8O2S/c11-13(10-6-7-12-8-10)9-4-2-1-3-5-9/h1-8H. The van der Waals surface area contributed by atoms with Gasteiger partial charge in [0.25, 0.3) is 0 Å². The molecule has 3 heteroatoms. The molecule has 0 saturated carbocycles. The van der Waals surface area contributed by atoms with Crippen molar-refractivity contribution in [3.05, 3.63) is 48.9 Å². The van der Waals surface area contributed by atoms with E-state index in [0.29, 0.717) is 4.90 Å². The second kappa shape index (κ2) is 3.58. The number of rotatable bonds is 2. The maximum absolute atomic E-state index is 11.8. The van der Waals surface area contributed by atoms with Crippen molar-refractivity contribution in [2.45, 2.75) is 9.79 Å². The number of hydrogen-bond acceptors (Lipinski definition) is 2. The van der Waals surface area contributed by atoms with Crippen LogP contribution in [0.25, 0.3) is 0 Å². The third kappa shape index (κ3) is 1.70. The third-order valence-corrected chi connectivity index (χ3v) is 3.03. The van der Waals surface area contributed by atoms with Gasteiger partial charge in [0.05, 0.1) is 22.0 Å². The van der Waals surface area contributed by atoms with Gasteiger partial charge in [-0.2, -0.15) is 0 Å². The Morgan fingerprint density at radius 2 is 1.77 bits per heavy atom. The predicted molar refractivity (Wildman–Crippen MR) is 49.8 cm³/mol. The summed E-state index contributed by atoms with van der Waals surface area (Å²) in [6.07, 6.45) is 3.03. The maximum Gasteiger partial charge on any atom is 0.107 e. The van der Waals surface area contributed by atoms with Crippen LogP contribution in [-0.4, -0.2) is 4.21 Å². The molecule has 2 rings (SSSR count). The van der Waals surface area contributed by atoms with E-state index in [0.717, 1.165) is 4.90 Å². The minimum atomic E-state index is -1.11. The van der Waals surface area contributed by atoms with Crippen LogP contribution in [0, 0.1) is 0 Å². The SMILES string of the molecule is O=S(c1ccccc1)c1ccoc1. The van der Waals surface area contributed by atoms with Crippen LogP contribution in [0.5, 0.6) is 0 Å². The average Bonchev–Trinajstić information content (AvgIpc) is 2.71. The largest absolute Gasteiger partial charge is 0.471 e. The predicted octanol–water partition coefficient (Wildman–Crippen LogP) is 2.45. The van der Waals surface area contributed by atoms with Crippen molar-refractivity contribution < 1.29 is 8.63 Å². The fourth-order valence-electron chi connectivity index (χ4n) is 1.04. The van der Waals surface area contributed by atoms with Crippen LogP contribution in [-0.2, 0) is 10.8 Å². The molecule has 0 aliphatic rings. The van der Waals surface area contributed by atoms with E-state index in [1.807, 2.05) is 30.3 Å². The fraction of sp³-hybridized carbons (Fsp3) is 0. The van der Waals surface area contributed by atoms with Gasteiger partial charge in [-0.05, 0) is 18.2 Å². The summed E-state index contributed by atoms with van der Waals surface area (Å²) in [5, 5.41) is 0. The van der Waals surface area contributed by atoms with Gasteiger partial charge < -0.3 is 4.42 Å². The number of benzene rings is 1. The molecular weight excluding hydrogens is 184 g/mol. The molecule has 1 aromatic heterocycles. The smallest absolute Gasteiger partial charge is 0.107 e. The van der Waals surface area contributed by atoms with E-state index in [1.54, 1.807) is 6.07 Å². The molecule has 66 valence electrons. The Hall–Kier alpha value is -1.35. The molecule has 2 aromatic rings. The highest BCUT2D eigenvalue weighted by Gasteiger charge is 2.06. The molecule has 0 bridgehead atoms. The summed E-state index contributed by atoms with van der Waals surface area (Å²) in [4.78, 5) is 1.50. The molecule has 0 aliphatic carbocycles. The highest BCUT2D eigenvalue weighted by molar-refractivity contribution is 7.85. The van der Waals surface area contributed by atoms with Gasteiger partial charge in [-0.1, -0.05) is 18.2 Å². The quantitative estimate of drug-likeness (QED) is 0.731. The van der Waals surface area contributed by atoms with Crippen molar-refractivity contribution in [3.8, 4) is 0 Å². The lowest BCUT2D eigenvalue weighted by Crippen LogP contribution is -1.89. The minimum absolute atomic E-state index is 0.700. The van der Waals surface area contributed by atoms with Crippen LogP contribution in [0.15, 0.2) is 63.1 Å². The van der Waals surface area contributed by atoms with Crippen molar-refractivity contribution in [2.24, 2.45) is 0 Å². The third-order valence-electron chi connectivity index (χ3n) is 1.67. The van der Waals surface area contributed by atoms with Gasteiger partial charge in [-0.15, -0.1) is 0 Å². The first kappa shape index (κ1) is 8.26. The molecule has 2 nitrogen and oxygen atoms in total. The molecule has 0 fully saturated rings. The van der Waals surface area contributed by atoms with Gasteiger partial charge in [0.15, 0.2) is 0 Å². The van der Waals surface area contributed by atoms with Gasteiger partial charge in [-0.3, -0.25) is 0 Å². The van der Waals surface area contributed by atoms with Crippen LogP contribution >= 0.6 is 0 Å². The van der Waals surface area contributed by atoms with Crippen molar-refractivity contribution >= 4 is 10.8 Å². The molecule has 1 atom stereocenters. The Morgan fingerprint density at radius 3 is 2.38 bits per heavy atom. The summed E-state index contributed by atoms with van der Waals surface area (Å²) >= 11 is 0. The summed E-state index contributed by atoms with van der Waals surface area (Å²) in [6.45, 7) is 0. The molecule has 1 aromatic carbocycles. The molecule has 0 amide bonds. The van der Waals surface area contributed by atoms with Crippen LogP contribution < -0.4 is 0 Å². The minimum Gasteiger partial charge on any atom is -0.471 e. The average molecular weight is 192 g/mol. The van der Waals surface area contributed by atoms with Gasteiger partial charge in [0.1, 0.15) is 6.26 Å². The molecular formula is C10H8O2S. The topological polar surface area (TPSA) is 30.2 Å². The molecule has 1 unspecified atom stereocenters. The van der Waals surface area contributed by atoms with E-state index in [2.05, 4.69) is 0 Å². The Kier molecular flexibility index (Phi) is 2.27. The summed E-state index contributed by atoms with van der Waals surface area (Å²) in [5.74, 6) is 0. The first-order valence-corrected chi connectivity index (χ1v) is 5.02. The van der Waals surface area contributed by atoms with Crippen molar-refractivity contribution in [2.75, 3.05) is 0 Å². The lowest BCUT2D eigenvalue weighted by atomic mass is 10.4. The van der Waals surface area contributed by atoms with E-state index in [-0.39, 0.29) is 0 Å². The zero-order valence-electron chi connectivity index (χ0n) is 6.84. The summed E-state index contributed by atoms with van der Waals surface area (Å²) < 4.78 is 16.6. The van der Waals surface area contributed by atoms with Crippen LogP contribution in [0.4, 0.5) is 0 Å². The van der Waals surface area contributed by atoms with E-state index in [1.165, 1.54) is 12.5 Å². The summed E-state index contributed by atoms with van der Waals surface area (Å²) in [6, 6.07) is 11.0. The van der Waals surface area contributed by atoms with Gasteiger partial charge >= 0.3 is 0 Å². The molecule has 0 spiro atoms. The van der Waals surface area contributed by atoms with Crippen LogP contribution in [0.1, 0.15) is 0 Å². The van der Waals surface area contributed by atoms with Crippen molar-refractivity contribution in [1.29, 1.82) is 0 Å². The second-order valence-corrected chi connectivity index (χ2v) is 4.02. The zero-order chi connectivity index (χ0) is 9.10. The van der Waals surface area contributed by atoms with Crippen LogP contribution in [0.2, 0.25) is 0 Å². The van der Waals surface area contributed by atoms with E-state index >= 15 is 0 Å². The van der Waals surface area contributed by atoms with Crippen molar-refractivity contribution in [3.63, 3.8) is 0 Å². The highest BCUT2D eigenvalue weighted by Crippen LogP contribution is 2.15. The molecule has 0 aliphatic heterocycles. The number of hydrogen-bond donors (Lipinski definition) is 0. The first-order valence-electron chi connectivity index (χ1n) is 3.87. The van der Waals surface area contributed by atoms with Gasteiger partial charge in [0, 0.05) is 4.90 Å². The fourth-order valence-corrected chi connectivity index (χ4v) is 2.04. The monoisotopic (exact) mass is 192 g/mol. The van der Waals surface area contributed by atoms with E-state index in [4.69, 9.17) is 4.42 Å². The Morgan fingerprint density at radius 1 is 1.00 bits per heavy atom. The van der Waals surface area contributed by atoms with Crippen molar-refractivity contribution in [1.82, 2.24) is 0 Å². The molecule has 0 saturated heterocycles. The van der Waals surface area contributed by atoms with E-state index < -0.39 is 10.8 Å². The van der Waals surface area contributed by atoms with Gasteiger partial charge in [-0.25, -0.2) is 4.21 Å². The van der Waals surface area contributed by atoms with Gasteiger partial charge in [0.2, 0.25) is 0 Å². The zero-order valence-corrected chi connectivity index (χ0v) is 7.66. The molecule has 1 heterocycles. The molecule has 13 heavy (non-hydrogen) atoms. The lowest BCUT2D eigenvalue weighted by Gasteiger charge is -1.96. The first-order chi connectivity index (χ1) is 6.38. The molecule has 0 N–H and O–H groups in total. The lowest BCUT2D eigenvalue weighted by molar-refractivity contribution is 0.561. The molecule has 0 radical (unpaired) electrons. The second-order valence-electron chi connectivity index (χ2n) is 2.54. The highest BCUT2D eigenvalue weighted by atomic mass is 32.2. The maximum atomic E-state index is 11.8. The summed E-state index contributed by atoms with van der Waals surface area (Å²) in [7, 11) is -1.11.